The minimum Gasteiger partial charge on any atom is -0.368 e. The van der Waals surface area contributed by atoms with Crippen molar-refractivity contribution in [2.24, 2.45) is 5.92 Å². The van der Waals surface area contributed by atoms with Gasteiger partial charge >= 0.3 is 0 Å². The highest BCUT2D eigenvalue weighted by Gasteiger charge is 2.33. The van der Waals surface area contributed by atoms with Gasteiger partial charge in [-0.15, -0.1) is 0 Å². The van der Waals surface area contributed by atoms with Crippen molar-refractivity contribution >= 4 is 21.7 Å². The Labute approximate surface area is 178 Å². The van der Waals surface area contributed by atoms with Crippen LogP contribution >= 0.6 is 0 Å². The van der Waals surface area contributed by atoms with Crippen molar-refractivity contribution in [3.63, 3.8) is 0 Å². The molecule has 0 unspecified atom stereocenters. The van der Waals surface area contributed by atoms with Gasteiger partial charge in [0.15, 0.2) is 9.84 Å². The fourth-order valence-corrected chi connectivity index (χ4v) is 5.66. The maximum absolute atomic E-state index is 12.6. The number of carbonyl (C=O) groups excluding carboxylic acids is 1. The van der Waals surface area contributed by atoms with E-state index in [9.17, 15) is 13.2 Å². The van der Waals surface area contributed by atoms with Crippen molar-refractivity contribution in [3.8, 4) is 0 Å². The largest absolute Gasteiger partial charge is 0.368 e. The van der Waals surface area contributed by atoms with Gasteiger partial charge < -0.3 is 14.5 Å². The number of likely N-dealkylation sites (tertiary alicyclic amines) is 1. The van der Waals surface area contributed by atoms with Crippen LogP contribution in [0.5, 0.6) is 0 Å². The lowest BCUT2D eigenvalue weighted by molar-refractivity contribution is -0.142. The predicted octanol–water partition coefficient (Wildman–Crippen LogP) is 2.00. The van der Waals surface area contributed by atoms with E-state index in [0.717, 1.165) is 32.4 Å². The molecule has 8 nitrogen and oxygen atoms in total. The Kier molecular flexibility index (Phi) is 6.29. The van der Waals surface area contributed by atoms with Crippen molar-refractivity contribution in [1.29, 1.82) is 0 Å². The van der Waals surface area contributed by atoms with E-state index >= 15 is 0 Å². The second-order valence-electron chi connectivity index (χ2n) is 8.99. The van der Waals surface area contributed by atoms with E-state index in [1.165, 1.54) is 18.9 Å². The molecular weight excluding hydrogens is 404 g/mol. The average Bonchev–Trinajstić information content (AvgIpc) is 3.27. The maximum atomic E-state index is 12.6. The standard InChI is InChI=1S/C21H32N4O4S/c1-15-5-3-9-25(14-15)21-22-13-18(30(2,27)28)19(23-21)16-7-10-24(11-8-16)20(26)17-6-4-12-29-17/h13,15-17H,3-12,14H2,1-2H3/t15-,17-/m0/s1. The van der Waals surface area contributed by atoms with Gasteiger partial charge in [-0.2, -0.15) is 0 Å². The van der Waals surface area contributed by atoms with Crippen LogP contribution in [0, 0.1) is 5.92 Å². The molecule has 1 aromatic heterocycles. The third-order valence-electron chi connectivity index (χ3n) is 6.51. The van der Waals surface area contributed by atoms with Crippen LogP contribution in [0.15, 0.2) is 11.1 Å². The van der Waals surface area contributed by atoms with Crippen LogP contribution in [0.25, 0.3) is 0 Å². The number of anilines is 1. The van der Waals surface area contributed by atoms with Crippen molar-refractivity contribution < 1.29 is 17.9 Å². The molecule has 30 heavy (non-hydrogen) atoms. The first kappa shape index (κ1) is 21.5. The fraction of sp³-hybridized carbons (Fsp3) is 0.762. The van der Waals surface area contributed by atoms with E-state index in [4.69, 9.17) is 9.72 Å². The molecule has 0 radical (unpaired) electrons. The lowest BCUT2D eigenvalue weighted by Gasteiger charge is -2.34. The Morgan fingerprint density at radius 1 is 1.13 bits per heavy atom. The van der Waals surface area contributed by atoms with E-state index in [-0.39, 0.29) is 22.8 Å². The molecule has 2 atom stereocenters. The Morgan fingerprint density at radius 2 is 1.90 bits per heavy atom. The summed E-state index contributed by atoms with van der Waals surface area (Å²) in [7, 11) is -3.43. The number of sulfone groups is 1. The zero-order chi connectivity index (χ0) is 21.3. The smallest absolute Gasteiger partial charge is 0.251 e. The normalized spacial score (nSPS) is 26.2. The Bertz CT molecular complexity index is 877. The van der Waals surface area contributed by atoms with Gasteiger partial charge in [-0.05, 0) is 44.4 Å². The summed E-state index contributed by atoms with van der Waals surface area (Å²) in [6.07, 6.45) is 7.81. The minimum atomic E-state index is -3.43. The molecule has 0 bridgehead atoms. The number of ether oxygens (including phenoxy) is 1. The highest BCUT2D eigenvalue weighted by molar-refractivity contribution is 7.90. The van der Waals surface area contributed by atoms with Crippen LogP contribution < -0.4 is 4.90 Å². The van der Waals surface area contributed by atoms with Gasteiger partial charge in [0.2, 0.25) is 5.95 Å². The van der Waals surface area contributed by atoms with Crippen molar-refractivity contribution in [3.05, 3.63) is 11.9 Å². The Morgan fingerprint density at radius 3 is 2.53 bits per heavy atom. The molecule has 0 spiro atoms. The van der Waals surface area contributed by atoms with Gasteiger partial charge in [-0.3, -0.25) is 4.79 Å². The van der Waals surface area contributed by atoms with Gasteiger partial charge in [0.05, 0.1) is 11.9 Å². The molecule has 1 aromatic rings. The molecular formula is C21H32N4O4S. The van der Waals surface area contributed by atoms with Crippen LogP contribution in [0.2, 0.25) is 0 Å². The average molecular weight is 437 g/mol. The van der Waals surface area contributed by atoms with Gasteiger partial charge in [0.1, 0.15) is 11.0 Å². The third-order valence-corrected chi connectivity index (χ3v) is 7.62. The van der Waals surface area contributed by atoms with E-state index in [0.29, 0.717) is 50.1 Å². The summed E-state index contributed by atoms with van der Waals surface area (Å²) >= 11 is 0. The first-order valence-corrected chi connectivity index (χ1v) is 12.9. The summed E-state index contributed by atoms with van der Waals surface area (Å²) in [6, 6.07) is 0. The van der Waals surface area contributed by atoms with Crippen LogP contribution in [-0.2, 0) is 19.4 Å². The van der Waals surface area contributed by atoms with Crippen molar-refractivity contribution in [2.75, 3.05) is 43.9 Å². The lowest BCUT2D eigenvalue weighted by atomic mass is 9.93. The van der Waals surface area contributed by atoms with Crippen LogP contribution in [0.3, 0.4) is 0 Å². The summed E-state index contributed by atoms with van der Waals surface area (Å²) in [4.78, 5) is 26.1. The van der Waals surface area contributed by atoms with Gasteiger partial charge in [0, 0.05) is 45.0 Å². The topological polar surface area (TPSA) is 92.7 Å². The molecule has 3 saturated heterocycles. The summed E-state index contributed by atoms with van der Waals surface area (Å²) in [5.41, 5.74) is 0.616. The van der Waals surface area contributed by atoms with Gasteiger partial charge in [0.25, 0.3) is 5.91 Å². The van der Waals surface area contributed by atoms with Crippen LogP contribution in [0.1, 0.15) is 57.1 Å². The molecule has 0 saturated carbocycles. The summed E-state index contributed by atoms with van der Waals surface area (Å²) in [6.45, 7) is 5.88. The van der Waals surface area contributed by atoms with E-state index in [1.54, 1.807) is 0 Å². The number of nitrogens with zero attached hydrogens (tertiary/aromatic N) is 4. The third kappa shape index (κ3) is 4.61. The van der Waals surface area contributed by atoms with Crippen LogP contribution in [0.4, 0.5) is 5.95 Å². The number of piperidine rings is 2. The van der Waals surface area contributed by atoms with Crippen molar-refractivity contribution in [2.45, 2.75) is 62.4 Å². The van der Waals surface area contributed by atoms with E-state index < -0.39 is 9.84 Å². The zero-order valence-electron chi connectivity index (χ0n) is 17.9. The molecule has 4 rings (SSSR count). The number of amides is 1. The summed E-state index contributed by atoms with van der Waals surface area (Å²) < 4.78 is 30.4. The fourth-order valence-electron chi connectivity index (χ4n) is 4.83. The molecule has 9 heteroatoms. The molecule has 3 aliphatic rings. The predicted molar refractivity (Wildman–Crippen MR) is 113 cm³/mol. The molecule has 1 amide bonds. The number of rotatable bonds is 4. The lowest BCUT2D eigenvalue weighted by Crippen LogP contribution is -2.43. The summed E-state index contributed by atoms with van der Waals surface area (Å²) in [5, 5.41) is 0. The highest BCUT2D eigenvalue weighted by Crippen LogP contribution is 2.33. The number of carbonyl (C=O) groups is 1. The number of aromatic nitrogens is 2. The maximum Gasteiger partial charge on any atom is 0.251 e. The second kappa shape index (κ2) is 8.78. The SMILES string of the molecule is C[C@H]1CCCN(c2ncc(S(C)(=O)=O)c(C3CCN(C(=O)[C@@H]4CCCO4)CC3)n2)C1. The first-order chi connectivity index (χ1) is 14.3. The molecule has 166 valence electrons. The Hall–Kier alpha value is -1.74. The van der Waals surface area contributed by atoms with E-state index in [2.05, 4.69) is 16.8 Å². The monoisotopic (exact) mass is 436 g/mol. The molecule has 0 aliphatic carbocycles. The Balaban J connectivity index is 1.53. The van der Waals surface area contributed by atoms with Crippen molar-refractivity contribution in [1.82, 2.24) is 14.9 Å². The highest BCUT2D eigenvalue weighted by atomic mass is 32.2. The number of hydrogen-bond acceptors (Lipinski definition) is 7. The summed E-state index contributed by atoms with van der Waals surface area (Å²) in [5.74, 6) is 1.28. The molecule has 4 heterocycles. The van der Waals surface area contributed by atoms with Crippen LogP contribution in [-0.4, -0.2) is 74.3 Å². The first-order valence-electron chi connectivity index (χ1n) is 11.0. The molecule has 3 fully saturated rings. The van der Waals surface area contributed by atoms with E-state index in [1.807, 2.05) is 4.90 Å². The second-order valence-corrected chi connectivity index (χ2v) is 11.0. The molecule has 0 N–H and O–H groups in total. The number of hydrogen-bond donors (Lipinski definition) is 0. The van der Waals surface area contributed by atoms with Gasteiger partial charge in [-0.25, -0.2) is 18.4 Å². The quantitative estimate of drug-likeness (QED) is 0.713. The van der Waals surface area contributed by atoms with Gasteiger partial charge in [-0.1, -0.05) is 6.92 Å². The zero-order valence-corrected chi connectivity index (χ0v) is 18.7. The molecule has 3 aliphatic heterocycles. The molecule has 0 aromatic carbocycles. The minimum absolute atomic E-state index is 0.00670.